The number of thioether (sulfide) groups is 1. The Morgan fingerprint density at radius 1 is 1.13 bits per heavy atom. The molecule has 0 unspecified atom stereocenters. The van der Waals surface area contributed by atoms with Crippen molar-refractivity contribution in [2.75, 3.05) is 6.26 Å². The third-order valence-electron chi connectivity index (χ3n) is 4.13. The Morgan fingerprint density at radius 2 is 1.83 bits per heavy atom. The van der Waals surface area contributed by atoms with Crippen molar-refractivity contribution in [2.45, 2.75) is 6.42 Å². The molecule has 0 atom stereocenters. The van der Waals surface area contributed by atoms with E-state index in [4.69, 9.17) is 9.59 Å². The molecule has 4 rings (SSSR count). The van der Waals surface area contributed by atoms with Gasteiger partial charge in [-0.25, -0.2) is 0 Å². The van der Waals surface area contributed by atoms with Gasteiger partial charge in [-0.3, -0.25) is 10.2 Å². The number of hydrogen-bond acceptors (Lipinski definition) is 7. The zero-order chi connectivity index (χ0) is 21.3. The van der Waals surface area contributed by atoms with Crippen LogP contribution in [0.4, 0.5) is 0 Å². The van der Waals surface area contributed by atoms with Crippen LogP contribution in [0, 0.1) is 5.41 Å². The van der Waals surface area contributed by atoms with Crippen molar-refractivity contribution in [3.8, 4) is 5.75 Å². The van der Waals surface area contributed by atoms with Crippen LogP contribution < -0.4 is 4.18 Å². The molecule has 30 heavy (non-hydrogen) atoms. The lowest BCUT2D eigenvalue weighted by atomic mass is 10.1. The SMILES string of the molecule is CS(=O)(=O)Oc1ccc(C=C2C(=N)N3N=C(Cc4ccccc4)SC3=NC2=O)cc1. The maximum Gasteiger partial charge on any atom is 0.306 e. The summed E-state index contributed by atoms with van der Waals surface area (Å²) in [5, 5.41) is 15.3. The molecule has 0 aliphatic carbocycles. The normalized spacial score (nSPS) is 17.6. The fraction of sp³-hybridized carbons (Fsp3) is 0.100. The molecule has 2 aliphatic heterocycles. The number of nitrogens with zero attached hydrogens (tertiary/aromatic N) is 3. The average Bonchev–Trinajstić information content (AvgIpc) is 3.08. The minimum Gasteiger partial charge on any atom is -0.383 e. The first-order valence-corrected chi connectivity index (χ1v) is 11.4. The second kappa shape index (κ2) is 7.88. The lowest BCUT2D eigenvalue weighted by molar-refractivity contribution is -0.114. The molecule has 1 amide bonds. The maximum atomic E-state index is 12.5. The molecule has 0 radical (unpaired) electrons. The topological polar surface area (TPSA) is 112 Å². The van der Waals surface area contributed by atoms with Crippen LogP contribution in [0.2, 0.25) is 0 Å². The molecule has 8 nitrogen and oxygen atoms in total. The number of hydrogen-bond donors (Lipinski definition) is 1. The van der Waals surface area contributed by atoms with Crippen LogP contribution in [0.3, 0.4) is 0 Å². The number of aliphatic imine (C=N–C) groups is 1. The molecule has 2 aliphatic rings. The molecule has 0 spiro atoms. The predicted octanol–water partition coefficient (Wildman–Crippen LogP) is 2.89. The van der Waals surface area contributed by atoms with Gasteiger partial charge in [0, 0.05) is 6.42 Å². The second-order valence-electron chi connectivity index (χ2n) is 6.53. The van der Waals surface area contributed by atoms with E-state index < -0.39 is 16.0 Å². The van der Waals surface area contributed by atoms with E-state index in [0.717, 1.165) is 16.9 Å². The van der Waals surface area contributed by atoms with Gasteiger partial charge in [-0.15, -0.1) is 0 Å². The molecular formula is C20H16N4O4S2. The van der Waals surface area contributed by atoms with Gasteiger partial charge < -0.3 is 4.18 Å². The number of carbonyl (C=O) groups excluding carboxylic acids is 1. The van der Waals surface area contributed by atoms with E-state index in [1.54, 1.807) is 12.1 Å². The molecule has 0 saturated carbocycles. The Bertz CT molecular complexity index is 1220. The van der Waals surface area contributed by atoms with Crippen LogP contribution >= 0.6 is 11.8 Å². The van der Waals surface area contributed by atoms with Gasteiger partial charge in [-0.1, -0.05) is 42.5 Å². The van der Waals surface area contributed by atoms with E-state index in [-0.39, 0.29) is 17.2 Å². The number of hydrazone groups is 1. The molecule has 10 heteroatoms. The van der Waals surface area contributed by atoms with Gasteiger partial charge >= 0.3 is 10.1 Å². The van der Waals surface area contributed by atoms with Crippen LogP contribution in [0.1, 0.15) is 11.1 Å². The first-order chi connectivity index (χ1) is 14.3. The Hall–Kier alpha value is -3.24. The Balaban J connectivity index is 1.55. The van der Waals surface area contributed by atoms with E-state index >= 15 is 0 Å². The number of benzene rings is 2. The lowest BCUT2D eigenvalue weighted by Crippen LogP contribution is -2.35. The van der Waals surface area contributed by atoms with Gasteiger partial charge in [0.15, 0.2) is 5.84 Å². The second-order valence-corrected chi connectivity index (χ2v) is 9.15. The summed E-state index contributed by atoms with van der Waals surface area (Å²) in [6, 6.07) is 15.9. The van der Waals surface area contributed by atoms with Crippen LogP contribution in [0.15, 0.2) is 70.3 Å². The summed E-state index contributed by atoms with van der Waals surface area (Å²) >= 11 is 1.28. The van der Waals surface area contributed by atoms with E-state index in [1.165, 1.54) is 35.0 Å². The highest BCUT2D eigenvalue weighted by Gasteiger charge is 2.35. The van der Waals surface area contributed by atoms with Crippen molar-refractivity contribution in [1.29, 1.82) is 5.41 Å². The number of nitrogens with one attached hydrogen (secondary N) is 1. The zero-order valence-electron chi connectivity index (χ0n) is 15.8. The summed E-state index contributed by atoms with van der Waals surface area (Å²) in [6.07, 6.45) is 3.06. The van der Waals surface area contributed by atoms with Crippen molar-refractivity contribution < 1.29 is 17.4 Å². The largest absolute Gasteiger partial charge is 0.383 e. The molecule has 152 valence electrons. The number of amidine groups is 2. The van der Waals surface area contributed by atoms with Crippen LogP contribution in [-0.2, 0) is 21.3 Å². The molecule has 2 heterocycles. The van der Waals surface area contributed by atoms with Gasteiger partial charge in [0.05, 0.1) is 11.8 Å². The maximum absolute atomic E-state index is 12.5. The van der Waals surface area contributed by atoms with Crippen molar-refractivity contribution >= 4 is 49.9 Å². The lowest BCUT2D eigenvalue weighted by Gasteiger charge is -2.20. The molecule has 0 fully saturated rings. The van der Waals surface area contributed by atoms with E-state index in [9.17, 15) is 13.2 Å². The molecule has 0 saturated heterocycles. The quantitative estimate of drug-likeness (QED) is 0.565. The van der Waals surface area contributed by atoms with E-state index in [0.29, 0.717) is 17.2 Å². The fourth-order valence-corrected chi connectivity index (χ4v) is 4.21. The first kappa shape index (κ1) is 20.0. The highest BCUT2D eigenvalue weighted by Crippen LogP contribution is 2.29. The highest BCUT2D eigenvalue weighted by molar-refractivity contribution is 8.26. The van der Waals surface area contributed by atoms with E-state index in [2.05, 4.69) is 10.1 Å². The van der Waals surface area contributed by atoms with Crippen molar-refractivity contribution in [3.63, 3.8) is 0 Å². The number of rotatable bonds is 5. The summed E-state index contributed by atoms with van der Waals surface area (Å²) in [7, 11) is -3.62. The van der Waals surface area contributed by atoms with Gasteiger partial charge in [0.1, 0.15) is 10.8 Å². The molecule has 1 N–H and O–H groups in total. The molecular weight excluding hydrogens is 424 g/mol. The summed E-state index contributed by atoms with van der Waals surface area (Å²) in [4.78, 5) is 16.5. The molecule has 2 aromatic carbocycles. The fourth-order valence-electron chi connectivity index (χ4n) is 2.83. The molecule has 0 bridgehead atoms. The average molecular weight is 441 g/mol. The minimum atomic E-state index is -3.62. The Kier molecular flexibility index (Phi) is 5.27. The van der Waals surface area contributed by atoms with Crippen molar-refractivity contribution in [3.05, 3.63) is 71.3 Å². The summed E-state index contributed by atoms with van der Waals surface area (Å²) in [6.45, 7) is 0. The smallest absolute Gasteiger partial charge is 0.306 e. The number of fused-ring (bicyclic) bond motifs is 1. The third kappa shape index (κ3) is 4.50. The molecule has 2 aromatic rings. The minimum absolute atomic E-state index is 0.0583. The van der Waals surface area contributed by atoms with Gasteiger partial charge in [-0.2, -0.15) is 23.5 Å². The van der Waals surface area contributed by atoms with Crippen LogP contribution in [0.5, 0.6) is 5.75 Å². The zero-order valence-corrected chi connectivity index (χ0v) is 17.4. The standard InChI is InChI=1S/C20H16N4O4S2/c1-30(26,27)28-15-9-7-14(8-10-15)11-16-18(21)24-20(22-19(16)25)29-17(23-24)12-13-5-3-2-4-6-13/h2-11,21H,12H2,1H3. The van der Waals surface area contributed by atoms with Gasteiger partial charge in [0.25, 0.3) is 5.91 Å². The van der Waals surface area contributed by atoms with Crippen molar-refractivity contribution in [2.24, 2.45) is 10.1 Å². The number of amides is 1. The summed E-state index contributed by atoms with van der Waals surface area (Å²) in [5.74, 6) is -0.417. The Labute approximate surface area is 177 Å². The first-order valence-electron chi connectivity index (χ1n) is 8.81. The van der Waals surface area contributed by atoms with Crippen LogP contribution in [-0.4, -0.2) is 41.6 Å². The van der Waals surface area contributed by atoms with Gasteiger partial charge in [0.2, 0.25) is 5.17 Å². The summed E-state index contributed by atoms with van der Waals surface area (Å²) < 4.78 is 27.2. The third-order valence-corrected chi connectivity index (χ3v) is 5.54. The van der Waals surface area contributed by atoms with Gasteiger partial charge in [-0.05, 0) is 41.1 Å². The van der Waals surface area contributed by atoms with E-state index in [1.807, 2.05) is 30.3 Å². The molecule has 0 aromatic heterocycles. The number of carbonyl (C=O) groups is 1. The summed E-state index contributed by atoms with van der Waals surface area (Å²) in [5.41, 5.74) is 1.78. The predicted molar refractivity (Wildman–Crippen MR) is 117 cm³/mol. The highest BCUT2D eigenvalue weighted by atomic mass is 32.2. The monoisotopic (exact) mass is 440 g/mol. The Morgan fingerprint density at radius 3 is 2.50 bits per heavy atom. The van der Waals surface area contributed by atoms with Crippen LogP contribution in [0.25, 0.3) is 6.08 Å². The van der Waals surface area contributed by atoms with Crippen molar-refractivity contribution in [1.82, 2.24) is 5.01 Å².